The number of fused-ring (bicyclic) bond motifs is 1. The maximum atomic E-state index is 12.5. The van der Waals surface area contributed by atoms with Crippen molar-refractivity contribution in [3.05, 3.63) is 29.3 Å². The molecule has 23 heavy (non-hydrogen) atoms. The molecule has 0 radical (unpaired) electrons. The highest BCUT2D eigenvalue weighted by Gasteiger charge is 2.50. The molecule has 1 atom stereocenters. The molecule has 0 bridgehead atoms. The number of carbonyl (C=O) groups is 1. The molecular formula is C18H23NO4. The Bertz CT molecular complexity index is 619. The van der Waals surface area contributed by atoms with E-state index < -0.39 is 5.41 Å². The van der Waals surface area contributed by atoms with Crippen molar-refractivity contribution >= 4 is 5.91 Å². The number of benzene rings is 1. The molecule has 1 aromatic rings. The molecule has 1 heterocycles. The SMILES string of the molecule is O=C(N[C@H](c1ccc2c(c1)CCO2)C1CC(O)C1)C1(CO)CC1. The van der Waals surface area contributed by atoms with Crippen LogP contribution >= 0.6 is 0 Å². The predicted molar refractivity (Wildman–Crippen MR) is 84.0 cm³/mol. The Labute approximate surface area is 135 Å². The van der Waals surface area contributed by atoms with Crippen molar-refractivity contribution in [3.8, 4) is 5.75 Å². The van der Waals surface area contributed by atoms with Crippen LogP contribution in [0.3, 0.4) is 0 Å². The van der Waals surface area contributed by atoms with E-state index in [-0.39, 0.29) is 30.6 Å². The maximum Gasteiger partial charge on any atom is 0.229 e. The molecule has 0 spiro atoms. The molecule has 0 aromatic heterocycles. The van der Waals surface area contributed by atoms with E-state index in [0.717, 1.165) is 30.6 Å². The van der Waals surface area contributed by atoms with Gasteiger partial charge in [-0.1, -0.05) is 6.07 Å². The van der Waals surface area contributed by atoms with Crippen LogP contribution < -0.4 is 10.1 Å². The van der Waals surface area contributed by atoms with Crippen LogP contribution in [-0.2, 0) is 11.2 Å². The Kier molecular flexibility index (Phi) is 3.58. The van der Waals surface area contributed by atoms with Crippen LogP contribution in [0.1, 0.15) is 42.9 Å². The van der Waals surface area contributed by atoms with Gasteiger partial charge in [0.2, 0.25) is 5.91 Å². The number of nitrogens with one attached hydrogen (secondary N) is 1. The van der Waals surface area contributed by atoms with Crippen LogP contribution in [0.5, 0.6) is 5.75 Å². The number of ether oxygens (including phenoxy) is 1. The van der Waals surface area contributed by atoms with Crippen molar-refractivity contribution in [2.75, 3.05) is 13.2 Å². The minimum Gasteiger partial charge on any atom is -0.493 e. The summed E-state index contributed by atoms with van der Waals surface area (Å²) in [4.78, 5) is 12.5. The van der Waals surface area contributed by atoms with Gasteiger partial charge in [-0.05, 0) is 54.9 Å². The summed E-state index contributed by atoms with van der Waals surface area (Å²) in [7, 11) is 0. The van der Waals surface area contributed by atoms with Gasteiger partial charge >= 0.3 is 0 Å². The molecule has 3 aliphatic rings. The van der Waals surface area contributed by atoms with E-state index in [2.05, 4.69) is 11.4 Å². The van der Waals surface area contributed by atoms with Crippen LogP contribution in [0.25, 0.3) is 0 Å². The lowest BCUT2D eigenvalue weighted by Gasteiger charge is -2.39. The highest BCUT2D eigenvalue weighted by Crippen LogP contribution is 2.47. The first kappa shape index (κ1) is 15.0. The van der Waals surface area contributed by atoms with Gasteiger partial charge in [0, 0.05) is 6.42 Å². The minimum absolute atomic E-state index is 0.0526. The van der Waals surface area contributed by atoms with E-state index in [1.54, 1.807) is 0 Å². The first-order valence-corrected chi connectivity index (χ1v) is 8.47. The summed E-state index contributed by atoms with van der Waals surface area (Å²) >= 11 is 0. The second-order valence-corrected chi connectivity index (χ2v) is 7.24. The Morgan fingerprint density at radius 2 is 2.17 bits per heavy atom. The number of rotatable bonds is 5. The molecule has 4 rings (SSSR count). The normalized spacial score (nSPS) is 28.3. The van der Waals surface area contributed by atoms with Gasteiger partial charge in [0.25, 0.3) is 0 Å². The minimum atomic E-state index is -0.569. The van der Waals surface area contributed by atoms with Gasteiger partial charge in [-0.3, -0.25) is 4.79 Å². The number of amides is 1. The molecule has 2 fully saturated rings. The van der Waals surface area contributed by atoms with Crippen molar-refractivity contribution < 1.29 is 19.7 Å². The summed E-state index contributed by atoms with van der Waals surface area (Å²) in [5, 5.41) is 22.3. The second kappa shape index (κ2) is 5.49. The topological polar surface area (TPSA) is 78.8 Å². The van der Waals surface area contributed by atoms with Crippen LogP contribution in [0, 0.1) is 11.3 Å². The Hall–Kier alpha value is -1.59. The third-order valence-corrected chi connectivity index (χ3v) is 5.62. The lowest BCUT2D eigenvalue weighted by molar-refractivity contribution is -0.129. The van der Waals surface area contributed by atoms with Gasteiger partial charge in [0.15, 0.2) is 0 Å². The molecule has 3 N–H and O–H groups in total. The quantitative estimate of drug-likeness (QED) is 0.765. The first-order valence-electron chi connectivity index (χ1n) is 8.47. The van der Waals surface area contributed by atoms with Crippen molar-refractivity contribution in [3.63, 3.8) is 0 Å². The summed E-state index contributed by atoms with van der Waals surface area (Å²) in [5.41, 5.74) is 1.69. The number of aliphatic hydroxyl groups is 2. The maximum absolute atomic E-state index is 12.5. The molecular weight excluding hydrogens is 294 g/mol. The third-order valence-electron chi connectivity index (χ3n) is 5.62. The average Bonchev–Trinajstić information content (AvgIpc) is 3.20. The lowest BCUT2D eigenvalue weighted by Crippen LogP contribution is -2.44. The Morgan fingerprint density at radius 3 is 2.83 bits per heavy atom. The van der Waals surface area contributed by atoms with Crippen molar-refractivity contribution in [2.24, 2.45) is 11.3 Å². The van der Waals surface area contributed by atoms with Crippen molar-refractivity contribution in [1.82, 2.24) is 5.32 Å². The fourth-order valence-electron chi connectivity index (χ4n) is 3.68. The molecule has 124 valence electrons. The number of aliphatic hydroxyl groups excluding tert-OH is 2. The molecule has 0 saturated heterocycles. The molecule has 2 saturated carbocycles. The molecule has 1 aromatic carbocycles. The zero-order valence-electron chi connectivity index (χ0n) is 13.1. The number of carbonyl (C=O) groups excluding carboxylic acids is 1. The smallest absolute Gasteiger partial charge is 0.229 e. The van der Waals surface area contributed by atoms with Gasteiger partial charge in [-0.25, -0.2) is 0 Å². The van der Waals surface area contributed by atoms with Crippen molar-refractivity contribution in [1.29, 1.82) is 0 Å². The summed E-state index contributed by atoms with van der Waals surface area (Å²) < 4.78 is 5.55. The highest BCUT2D eigenvalue weighted by molar-refractivity contribution is 5.85. The van der Waals surface area contributed by atoms with Gasteiger partial charge in [-0.2, -0.15) is 0 Å². The van der Waals surface area contributed by atoms with E-state index in [0.29, 0.717) is 19.4 Å². The highest BCUT2D eigenvalue weighted by atomic mass is 16.5. The van der Waals surface area contributed by atoms with Crippen LogP contribution in [0.2, 0.25) is 0 Å². The van der Waals surface area contributed by atoms with Crippen LogP contribution in [0.15, 0.2) is 18.2 Å². The number of hydrogen-bond acceptors (Lipinski definition) is 4. The van der Waals surface area contributed by atoms with Crippen molar-refractivity contribution in [2.45, 2.75) is 44.2 Å². The summed E-state index contributed by atoms with van der Waals surface area (Å²) in [6, 6.07) is 6.01. The van der Waals surface area contributed by atoms with Gasteiger partial charge in [0.1, 0.15) is 5.75 Å². The van der Waals surface area contributed by atoms with E-state index in [1.807, 2.05) is 12.1 Å². The molecule has 5 heteroatoms. The third kappa shape index (κ3) is 2.62. The predicted octanol–water partition coefficient (Wildman–Crippen LogP) is 1.32. The molecule has 5 nitrogen and oxygen atoms in total. The lowest BCUT2D eigenvalue weighted by atomic mass is 9.74. The van der Waals surface area contributed by atoms with Crippen LogP contribution in [-0.4, -0.2) is 35.4 Å². The Morgan fingerprint density at radius 1 is 1.39 bits per heavy atom. The fraction of sp³-hybridized carbons (Fsp3) is 0.611. The molecule has 2 aliphatic carbocycles. The van der Waals surface area contributed by atoms with Gasteiger partial charge in [-0.15, -0.1) is 0 Å². The largest absolute Gasteiger partial charge is 0.493 e. The van der Waals surface area contributed by atoms with E-state index >= 15 is 0 Å². The summed E-state index contributed by atoms with van der Waals surface area (Å²) in [5.74, 6) is 1.13. The second-order valence-electron chi connectivity index (χ2n) is 7.24. The zero-order valence-corrected chi connectivity index (χ0v) is 13.1. The average molecular weight is 317 g/mol. The monoisotopic (exact) mass is 317 g/mol. The first-order chi connectivity index (χ1) is 11.1. The van der Waals surface area contributed by atoms with E-state index in [4.69, 9.17) is 4.74 Å². The summed E-state index contributed by atoms with van der Waals surface area (Å²) in [6.07, 6.45) is 3.58. The van der Waals surface area contributed by atoms with Gasteiger partial charge in [0.05, 0.1) is 30.8 Å². The summed E-state index contributed by atoms with van der Waals surface area (Å²) in [6.45, 7) is 0.627. The fourth-order valence-corrected chi connectivity index (χ4v) is 3.68. The molecule has 1 amide bonds. The zero-order chi connectivity index (χ0) is 16.0. The number of hydrogen-bond donors (Lipinski definition) is 3. The standard InChI is InChI=1S/C18H23NO4/c20-10-18(4-5-18)17(22)19-16(13-8-14(21)9-13)12-1-2-15-11(7-12)3-6-23-15/h1-2,7,13-14,16,20-21H,3-6,8-10H2,(H,19,22)/t13?,14?,16-/m1/s1. The van der Waals surface area contributed by atoms with Crippen LogP contribution in [0.4, 0.5) is 0 Å². The molecule has 1 aliphatic heterocycles. The van der Waals surface area contributed by atoms with E-state index in [9.17, 15) is 15.0 Å². The van der Waals surface area contributed by atoms with E-state index in [1.165, 1.54) is 5.56 Å². The Balaban J connectivity index is 1.57. The van der Waals surface area contributed by atoms with Gasteiger partial charge < -0.3 is 20.3 Å². The molecule has 0 unspecified atom stereocenters.